The van der Waals surface area contributed by atoms with Gasteiger partial charge < -0.3 is 5.73 Å². The van der Waals surface area contributed by atoms with Crippen LogP contribution in [0.1, 0.15) is 12.0 Å². The molecular formula is C11H9ClN2O. The Bertz CT molecular complexity index is 463. The van der Waals surface area contributed by atoms with Gasteiger partial charge in [0, 0.05) is 18.0 Å². The number of hydrogen-bond donors (Lipinski definition) is 1. The van der Waals surface area contributed by atoms with Gasteiger partial charge >= 0.3 is 0 Å². The Balaban J connectivity index is 2.39. The molecule has 1 amide bonds. The maximum absolute atomic E-state index is 11.0. The fraction of sp³-hybridized carbons (Fsp3) is 0.0909. The minimum atomic E-state index is -0.458. The Labute approximate surface area is 92.3 Å². The molecule has 1 aliphatic rings. The van der Waals surface area contributed by atoms with Crippen LogP contribution in [0.5, 0.6) is 0 Å². The van der Waals surface area contributed by atoms with Crippen molar-refractivity contribution in [1.29, 1.82) is 0 Å². The van der Waals surface area contributed by atoms with Gasteiger partial charge in [0.1, 0.15) is 0 Å². The summed E-state index contributed by atoms with van der Waals surface area (Å²) in [6, 6.07) is 3.69. The molecule has 1 heterocycles. The number of primary amides is 1. The molecule has 0 spiro atoms. The van der Waals surface area contributed by atoms with Gasteiger partial charge in [-0.1, -0.05) is 17.7 Å². The molecule has 0 saturated carbocycles. The van der Waals surface area contributed by atoms with E-state index >= 15 is 0 Å². The van der Waals surface area contributed by atoms with Crippen molar-refractivity contribution in [2.75, 3.05) is 0 Å². The number of halogens is 1. The van der Waals surface area contributed by atoms with Crippen LogP contribution >= 0.6 is 11.6 Å². The van der Waals surface area contributed by atoms with Gasteiger partial charge in [0.15, 0.2) is 0 Å². The van der Waals surface area contributed by atoms with Gasteiger partial charge in [0.25, 0.3) is 0 Å². The van der Waals surface area contributed by atoms with Crippen LogP contribution in [0, 0.1) is 0 Å². The highest BCUT2D eigenvalue weighted by Gasteiger charge is 2.20. The summed E-state index contributed by atoms with van der Waals surface area (Å²) < 4.78 is 0. The first-order valence-corrected chi connectivity index (χ1v) is 4.87. The normalized spacial score (nSPS) is 15.4. The quantitative estimate of drug-likeness (QED) is 0.827. The topological polar surface area (TPSA) is 56.0 Å². The van der Waals surface area contributed by atoms with E-state index < -0.39 is 5.91 Å². The highest BCUT2D eigenvalue weighted by atomic mass is 35.5. The van der Waals surface area contributed by atoms with Gasteiger partial charge in [-0.3, -0.25) is 9.78 Å². The zero-order valence-electron chi connectivity index (χ0n) is 7.90. The molecule has 15 heavy (non-hydrogen) atoms. The molecule has 2 rings (SSSR count). The standard InChI is InChI=1S/C11H9ClN2O/c12-10-8(1-2-9(10)11(13)15)7-3-5-14-6-4-7/h1,3-6H,2H2,(H2,13,15). The van der Waals surface area contributed by atoms with Gasteiger partial charge in [0.2, 0.25) is 5.91 Å². The van der Waals surface area contributed by atoms with Gasteiger partial charge in [-0.25, -0.2) is 0 Å². The van der Waals surface area contributed by atoms with E-state index in [9.17, 15) is 4.79 Å². The Morgan fingerprint density at radius 1 is 1.40 bits per heavy atom. The van der Waals surface area contributed by atoms with Gasteiger partial charge in [-0.2, -0.15) is 0 Å². The average molecular weight is 221 g/mol. The fourth-order valence-corrected chi connectivity index (χ4v) is 1.89. The lowest BCUT2D eigenvalue weighted by Gasteiger charge is -2.02. The van der Waals surface area contributed by atoms with Crippen LogP contribution in [0.15, 0.2) is 41.2 Å². The third-order valence-corrected chi connectivity index (χ3v) is 2.73. The Morgan fingerprint density at radius 2 is 2.07 bits per heavy atom. The number of rotatable bonds is 2. The van der Waals surface area contributed by atoms with E-state index in [1.165, 1.54) is 0 Å². The second-order valence-corrected chi connectivity index (χ2v) is 3.59. The molecule has 0 aromatic carbocycles. The number of amides is 1. The number of nitrogens with zero attached hydrogens (tertiary/aromatic N) is 1. The second kappa shape index (κ2) is 3.87. The first-order chi connectivity index (χ1) is 7.20. The van der Waals surface area contributed by atoms with Gasteiger partial charge in [0.05, 0.1) is 5.03 Å². The van der Waals surface area contributed by atoms with Gasteiger partial charge in [-0.05, 0) is 29.7 Å². The molecule has 0 radical (unpaired) electrons. The molecule has 0 unspecified atom stereocenters. The number of carbonyl (C=O) groups excluding carboxylic acids is 1. The Morgan fingerprint density at radius 3 is 2.60 bits per heavy atom. The molecule has 1 aliphatic carbocycles. The van der Waals surface area contributed by atoms with E-state index in [0.717, 1.165) is 11.1 Å². The lowest BCUT2D eigenvalue weighted by molar-refractivity contribution is -0.114. The molecule has 0 aliphatic heterocycles. The maximum atomic E-state index is 11.0. The third kappa shape index (κ3) is 1.78. The predicted molar refractivity (Wildman–Crippen MR) is 58.9 cm³/mol. The average Bonchev–Trinajstić information content (AvgIpc) is 2.61. The zero-order valence-corrected chi connectivity index (χ0v) is 8.66. The number of carbonyl (C=O) groups is 1. The zero-order chi connectivity index (χ0) is 10.8. The molecule has 0 atom stereocenters. The lowest BCUT2D eigenvalue weighted by Crippen LogP contribution is -2.13. The predicted octanol–water partition coefficient (Wildman–Crippen LogP) is 1.85. The summed E-state index contributed by atoms with van der Waals surface area (Å²) in [6.45, 7) is 0. The summed E-state index contributed by atoms with van der Waals surface area (Å²) in [7, 11) is 0. The summed E-state index contributed by atoms with van der Waals surface area (Å²) in [5, 5.41) is 0.453. The highest BCUT2D eigenvalue weighted by Crippen LogP contribution is 2.35. The molecule has 76 valence electrons. The van der Waals surface area contributed by atoms with Crippen molar-refractivity contribution in [2.45, 2.75) is 6.42 Å². The Kier molecular flexibility index (Phi) is 2.56. The van der Waals surface area contributed by atoms with Crippen LogP contribution in [-0.2, 0) is 4.79 Å². The van der Waals surface area contributed by atoms with Crippen LogP contribution < -0.4 is 5.73 Å². The number of hydrogen-bond acceptors (Lipinski definition) is 2. The molecule has 4 heteroatoms. The second-order valence-electron chi connectivity index (χ2n) is 3.21. The van der Waals surface area contributed by atoms with Crippen molar-refractivity contribution in [2.24, 2.45) is 5.73 Å². The summed E-state index contributed by atoms with van der Waals surface area (Å²) in [5.41, 5.74) is 7.48. The first-order valence-electron chi connectivity index (χ1n) is 4.49. The van der Waals surface area contributed by atoms with Crippen LogP contribution in [0.4, 0.5) is 0 Å². The van der Waals surface area contributed by atoms with E-state index in [0.29, 0.717) is 17.0 Å². The largest absolute Gasteiger partial charge is 0.366 e. The van der Waals surface area contributed by atoms with Crippen molar-refractivity contribution in [1.82, 2.24) is 4.98 Å². The number of nitrogens with two attached hydrogens (primary N) is 1. The molecular weight excluding hydrogens is 212 g/mol. The van der Waals surface area contributed by atoms with Crippen molar-refractivity contribution >= 4 is 23.1 Å². The maximum Gasteiger partial charge on any atom is 0.246 e. The Hall–Kier alpha value is -1.61. The molecule has 3 nitrogen and oxygen atoms in total. The molecule has 1 aromatic heterocycles. The van der Waals surface area contributed by atoms with Crippen molar-refractivity contribution in [3.63, 3.8) is 0 Å². The number of aromatic nitrogens is 1. The van der Waals surface area contributed by atoms with E-state index in [4.69, 9.17) is 17.3 Å². The molecule has 0 saturated heterocycles. The number of pyridine rings is 1. The van der Waals surface area contributed by atoms with E-state index in [-0.39, 0.29) is 0 Å². The SMILES string of the molecule is NC(=O)C1=C(Cl)C(c2ccncc2)=CC1. The van der Waals surface area contributed by atoms with Crippen LogP contribution in [0.3, 0.4) is 0 Å². The van der Waals surface area contributed by atoms with Crippen molar-refractivity contribution in [3.8, 4) is 0 Å². The number of allylic oxidation sites excluding steroid dienone is 3. The highest BCUT2D eigenvalue weighted by molar-refractivity contribution is 6.39. The lowest BCUT2D eigenvalue weighted by atomic mass is 10.1. The van der Waals surface area contributed by atoms with E-state index in [1.54, 1.807) is 12.4 Å². The van der Waals surface area contributed by atoms with Crippen molar-refractivity contribution in [3.05, 3.63) is 46.8 Å². The molecule has 2 N–H and O–H groups in total. The monoisotopic (exact) mass is 220 g/mol. The molecule has 1 aromatic rings. The summed E-state index contributed by atoms with van der Waals surface area (Å²) in [5.74, 6) is -0.458. The van der Waals surface area contributed by atoms with Crippen LogP contribution in [0.2, 0.25) is 0 Å². The first kappa shape index (κ1) is 9.93. The van der Waals surface area contributed by atoms with Crippen LogP contribution in [0.25, 0.3) is 5.57 Å². The van der Waals surface area contributed by atoms with Crippen molar-refractivity contribution < 1.29 is 4.79 Å². The molecule has 0 fully saturated rings. The summed E-state index contributed by atoms with van der Waals surface area (Å²) >= 11 is 6.06. The third-order valence-electron chi connectivity index (χ3n) is 2.30. The fourth-order valence-electron chi connectivity index (χ4n) is 1.53. The smallest absolute Gasteiger partial charge is 0.246 e. The van der Waals surface area contributed by atoms with E-state index in [2.05, 4.69) is 4.98 Å². The summed E-state index contributed by atoms with van der Waals surface area (Å²) in [6.07, 6.45) is 5.77. The van der Waals surface area contributed by atoms with Gasteiger partial charge in [-0.15, -0.1) is 0 Å². The minimum absolute atomic E-state index is 0.453. The van der Waals surface area contributed by atoms with Crippen LogP contribution in [-0.4, -0.2) is 10.9 Å². The van der Waals surface area contributed by atoms with E-state index in [1.807, 2.05) is 18.2 Å². The minimum Gasteiger partial charge on any atom is -0.366 e. The molecule has 0 bridgehead atoms. The summed E-state index contributed by atoms with van der Waals surface area (Å²) in [4.78, 5) is 14.9.